The summed E-state index contributed by atoms with van der Waals surface area (Å²) in [6.07, 6.45) is 1.18. The molecule has 0 aliphatic heterocycles. The van der Waals surface area contributed by atoms with E-state index >= 15 is 0 Å². The maximum atomic E-state index is 13.4. The molecule has 0 fully saturated rings. The van der Waals surface area contributed by atoms with Crippen LogP contribution < -0.4 is 5.32 Å². The third-order valence-electron chi connectivity index (χ3n) is 2.26. The van der Waals surface area contributed by atoms with Gasteiger partial charge in [-0.05, 0) is 34.1 Å². The van der Waals surface area contributed by atoms with Crippen LogP contribution in [0.1, 0.15) is 10.4 Å². The number of carbonyl (C=O) groups excluding carboxylic acids is 1. The van der Waals surface area contributed by atoms with E-state index in [1.165, 1.54) is 18.3 Å². The molecule has 1 heterocycles. The molecule has 2 aromatic rings. The van der Waals surface area contributed by atoms with Gasteiger partial charge < -0.3 is 5.32 Å². The normalized spacial score (nSPS) is 10.3. The highest BCUT2D eigenvalue weighted by atomic mass is 79.9. The summed E-state index contributed by atoms with van der Waals surface area (Å²) in [4.78, 5) is 15.0. The standard InChI is InChI=1S/C12H6BrF3N2O/c13-7-4-10(9(15)5-8(7)14)18-12(19)6-2-1-3-17-11(6)16/h1-5H,(H,18,19). The zero-order valence-electron chi connectivity index (χ0n) is 9.25. The minimum atomic E-state index is -0.971. The number of amides is 1. The van der Waals surface area contributed by atoms with Crippen LogP contribution in [0.2, 0.25) is 0 Å². The van der Waals surface area contributed by atoms with E-state index in [1.54, 1.807) is 0 Å². The molecule has 0 radical (unpaired) electrons. The fourth-order valence-corrected chi connectivity index (χ4v) is 1.71. The van der Waals surface area contributed by atoms with E-state index in [9.17, 15) is 18.0 Å². The van der Waals surface area contributed by atoms with Crippen molar-refractivity contribution in [3.8, 4) is 0 Å². The van der Waals surface area contributed by atoms with Gasteiger partial charge in [-0.2, -0.15) is 4.39 Å². The van der Waals surface area contributed by atoms with Crippen molar-refractivity contribution in [2.75, 3.05) is 5.32 Å². The molecule has 0 bridgehead atoms. The highest BCUT2D eigenvalue weighted by Gasteiger charge is 2.15. The fourth-order valence-electron chi connectivity index (χ4n) is 1.36. The van der Waals surface area contributed by atoms with Crippen molar-refractivity contribution < 1.29 is 18.0 Å². The van der Waals surface area contributed by atoms with Crippen LogP contribution >= 0.6 is 15.9 Å². The number of hydrogen-bond acceptors (Lipinski definition) is 2. The van der Waals surface area contributed by atoms with Gasteiger partial charge in [0.15, 0.2) is 0 Å². The average molecular weight is 331 g/mol. The largest absolute Gasteiger partial charge is 0.319 e. The Hall–Kier alpha value is -1.89. The first-order chi connectivity index (χ1) is 8.99. The Morgan fingerprint density at radius 1 is 1.21 bits per heavy atom. The molecule has 19 heavy (non-hydrogen) atoms. The lowest BCUT2D eigenvalue weighted by molar-refractivity contribution is 0.102. The quantitative estimate of drug-likeness (QED) is 0.676. The van der Waals surface area contributed by atoms with Crippen LogP contribution in [0.3, 0.4) is 0 Å². The first kappa shape index (κ1) is 13.5. The van der Waals surface area contributed by atoms with Gasteiger partial charge in [0.25, 0.3) is 5.91 Å². The van der Waals surface area contributed by atoms with Gasteiger partial charge in [0.2, 0.25) is 5.95 Å². The Bertz CT molecular complexity index is 649. The molecule has 0 saturated heterocycles. The number of hydrogen-bond donors (Lipinski definition) is 1. The second kappa shape index (κ2) is 5.40. The molecule has 1 aromatic carbocycles. The fraction of sp³-hybridized carbons (Fsp3) is 0. The molecule has 3 nitrogen and oxygen atoms in total. The first-order valence-electron chi connectivity index (χ1n) is 5.05. The molecule has 0 unspecified atom stereocenters. The van der Waals surface area contributed by atoms with Gasteiger partial charge in [-0.25, -0.2) is 13.8 Å². The first-order valence-corrected chi connectivity index (χ1v) is 5.84. The van der Waals surface area contributed by atoms with Crippen molar-refractivity contribution in [1.82, 2.24) is 4.98 Å². The molecule has 0 aliphatic carbocycles. The smallest absolute Gasteiger partial charge is 0.260 e. The molecule has 2 rings (SSSR count). The maximum Gasteiger partial charge on any atom is 0.260 e. The zero-order valence-corrected chi connectivity index (χ0v) is 10.8. The van der Waals surface area contributed by atoms with Gasteiger partial charge in [-0.1, -0.05) is 0 Å². The molecular formula is C12H6BrF3N2O. The van der Waals surface area contributed by atoms with Crippen molar-refractivity contribution >= 4 is 27.5 Å². The summed E-state index contributed by atoms with van der Waals surface area (Å²) in [5, 5.41) is 2.14. The third kappa shape index (κ3) is 2.93. The highest BCUT2D eigenvalue weighted by Crippen LogP contribution is 2.24. The molecular weight excluding hydrogens is 325 g/mol. The lowest BCUT2D eigenvalue weighted by Crippen LogP contribution is -2.15. The van der Waals surface area contributed by atoms with E-state index in [0.717, 1.165) is 6.07 Å². The van der Waals surface area contributed by atoms with Crippen LogP contribution in [0.15, 0.2) is 34.9 Å². The molecule has 98 valence electrons. The number of carbonyl (C=O) groups is 1. The molecule has 1 aromatic heterocycles. The summed E-state index contributed by atoms with van der Waals surface area (Å²) in [5.74, 6) is -3.61. The van der Waals surface area contributed by atoms with Crippen LogP contribution in [-0.4, -0.2) is 10.9 Å². The van der Waals surface area contributed by atoms with E-state index in [2.05, 4.69) is 26.2 Å². The number of anilines is 1. The van der Waals surface area contributed by atoms with E-state index < -0.39 is 23.5 Å². The number of rotatable bonds is 2. The van der Waals surface area contributed by atoms with Crippen molar-refractivity contribution in [3.63, 3.8) is 0 Å². The van der Waals surface area contributed by atoms with Crippen molar-refractivity contribution in [3.05, 3.63) is 58.1 Å². The van der Waals surface area contributed by atoms with Gasteiger partial charge in [-0.15, -0.1) is 0 Å². The van der Waals surface area contributed by atoms with Crippen LogP contribution in [-0.2, 0) is 0 Å². The van der Waals surface area contributed by atoms with Crippen molar-refractivity contribution in [2.24, 2.45) is 0 Å². The molecule has 0 saturated carbocycles. The summed E-state index contributed by atoms with van der Waals surface area (Å²) in [5.41, 5.74) is -0.594. The summed E-state index contributed by atoms with van der Waals surface area (Å²) < 4.78 is 39.7. The van der Waals surface area contributed by atoms with Crippen LogP contribution in [0.5, 0.6) is 0 Å². The average Bonchev–Trinajstić information content (AvgIpc) is 2.36. The van der Waals surface area contributed by atoms with E-state index in [0.29, 0.717) is 6.07 Å². The number of pyridine rings is 1. The van der Waals surface area contributed by atoms with Gasteiger partial charge in [-0.3, -0.25) is 4.79 Å². The van der Waals surface area contributed by atoms with Crippen molar-refractivity contribution in [1.29, 1.82) is 0 Å². The zero-order chi connectivity index (χ0) is 14.0. The Labute approximate surface area is 114 Å². The Kier molecular flexibility index (Phi) is 3.84. The number of nitrogens with one attached hydrogen (secondary N) is 1. The summed E-state index contributed by atoms with van der Waals surface area (Å²) in [7, 11) is 0. The number of halogens is 4. The Balaban J connectivity index is 2.30. The highest BCUT2D eigenvalue weighted by molar-refractivity contribution is 9.10. The van der Waals surface area contributed by atoms with Crippen molar-refractivity contribution in [2.45, 2.75) is 0 Å². The lowest BCUT2D eigenvalue weighted by atomic mass is 10.2. The predicted octanol–water partition coefficient (Wildman–Crippen LogP) is 3.51. The second-order valence-corrected chi connectivity index (χ2v) is 4.40. The molecule has 0 aliphatic rings. The van der Waals surface area contributed by atoms with Crippen LogP contribution in [0.25, 0.3) is 0 Å². The molecule has 1 amide bonds. The van der Waals surface area contributed by atoms with Gasteiger partial charge in [0.05, 0.1) is 15.7 Å². The lowest BCUT2D eigenvalue weighted by Gasteiger charge is -2.07. The number of benzene rings is 1. The second-order valence-electron chi connectivity index (χ2n) is 3.54. The Morgan fingerprint density at radius 3 is 2.63 bits per heavy atom. The maximum absolute atomic E-state index is 13.4. The van der Waals surface area contributed by atoms with E-state index in [1.807, 2.05) is 0 Å². The van der Waals surface area contributed by atoms with E-state index in [4.69, 9.17) is 0 Å². The van der Waals surface area contributed by atoms with E-state index in [-0.39, 0.29) is 15.7 Å². The number of nitrogens with zero attached hydrogens (tertiary/aromatic N) is 1. The van der Waals surface area contributed by atoms with Gasteiger partial charge >= 0.3 is 0 Å². The summed E-state index contributed by atoms with van der Waals surface area (Å²) in [6.45, 7) is 0. The monoisotopic (exact) mass is 330 g/mol. The molecule has 7 heteroatoms. The third-order valence-corrected chi connectivity index (χ3v) is 2.87. The topological polar surface area (TPSA) is 42.0 Å². The summed E-state index contributed by atoms with van der Waals surface area (Å²) >= 11 is 2.86. The minimum Gasteiger partial charge on any atom is -0.319 e. The SMILES string of the molecule is O=C(Nc1cc(Br)c(F)cc1F)c1cccnc1F. The number of aromatic nitrogens is 1. The van der Waals surface area contributed by atoms with Crippen LogP contribution in [0, 0.1) is 17.6 Å². The molecule has 1 N–H and O–H groups in total. The predicted molar refractivity (Wildman–Crippen MR) is 66.2 cm³/mol. The summed E-state index contributed by atoms with van der Waals surface area (Å²) in [6, 6.07) is 4.24. The molecule has 0 atom stereocenters. The Morgan fingerprint density at radius 2 is 1.95 bits per heavy atom. The van der Waals surface area contributed by atoms with Gasteiger partial charge in [0, 0.05) is 12.3 Å². The minimum absolute atomic E-state index is 0.0177. The molecule has 0 spiro atoms. The van der Waals surface area contributed by atoms with Crippen LogP contribution in [0.4, 0.5) is 18.9 Å². The van der Waals surface area contributed by atoms with Gasteiger partial charge in [0.1, 0.15) is 11.6 Å².